The van der Waals surface area contributed by atoms with Crippen molar-refractivity contribution in [3.8, 4) is 39.2 Å². The van der Waals surface area contributed by atoms with Gasteiger partial charge in [0.25, 0.3) is 0 Å². The summed E-state index contributed by atoms with van der Waals surface area (Å²) in [5.74, 6) is 0.421. The van der Waals surface area contributed by atoms with Crippen molar-refractivity contribution in [3.05, 3.63) is 133 Å². The maximum absolute atomic E-state index is 11.3. The number of thiazole rings is 1. The molecule has 10 heteroatoms. The van der Waals surface area contributed by atoms with Crippen LogP contribution in [0.5, 0.6) is 11.5 Å². The molecular formula is C38H24N6O3S. The maximum Gasteiger partial charge on any atom is 0.231 e. The van der Waals surface area contributed by atoms with Crippen molar-refractivity contribution >= 4 is 60.7 Å². The number of aromatic hydroxyl groups is 2. The van der Waals surface area contributed by atoms with Crippen LogP contribution in [0.2, 0.25) is 0 Å². The molecule has 9 nitrogen and oxygen atoms in total. The summed E-state index contributed by atoms with van der Waals surface area (Å²) in [7, 11) is 0. The van der Waals surface area contributed by atoms with Crippen molar-refractivity contribution in [2.45, 2.75) is 0 Å². The Labute approximate surface area is 277 Å². The number of anilines is 3. The lowest BCUT2D eigenvalue weighted by Gasteiger charge is -2.26. The Morgan fingerprint density at radius 1 is 0.562 bits per heavy atom. The van der Waals surface area contributed by atoms with Crippen molar-refractivity contribution in [3.63, 3.8) is 0 Å². The molecule has 48 heavy (non-hydrogen) atoms. The smallest absolute Gasteiger partial charge is 0.231 e. The van der Waals surface area contributed by atoms with Crippen LogP contribution in [0.4, 0.5) is 17.1 Å². The van der Waals surface area contributed by atoms with Gasteiger partial charge in [-0.05, 0) is 84.9 Å². The number of para-hydroxylation sites is 3. The largest absolute Gasteiger partial charge is 0.507 e. The Bertz CT molecular complexity index is 2400. The lowest BCUT2D eigenvalue weighted by molar-refractivity contribution is 0.474. The zero-order valence-electron chi connectivity index (χ0n) is 25.1. The molecule has 0 radical (unpaired) electrons. The van der Waals surface area contributed by atoms with Gasteiger partial charge >= 0.3 is 0 Å². The Kier molecular flexibility index (Phi) is 6.41. The van der Waals surface area contributed by atoms with Crippen molar-refractivity contribution in [1.29, 1.82) is 0 Å². The molecule has 2 N–H and O–H groups in total. The Balaban J connectivity index is 1.13. The number of hydrogen-bond acceptors (Lipinski definition) is 9. The molecule has 0 saturated carbocycles. The van der Waals surface area contributed by atoms with E-state index in [0.29, 0.717) is 39.5 Å². The van der Waals surface area contributed by atoms with E-state index in [-0.39, 0.29) is 11.5 Å². The molecule has 9 aromatic rings. The van der Waals surface area contributed by atoms with Crippen LogP contribution in [0, 0.1) is 0 Å². The summed E-state index contributed by atoms with van der Waals surface area (Å²) in [5.41, 5.74) is 7.88. The number of phenolic OH excluding ortho intramolecular Hbond substituents is 2. The number of phenols is 2. The van der Waals surface area contributed by atoms with Crippen LogP contribution < -0.4 is 4.90 Å². The average Bonchev–Trinajstić information content (AvgIpc) is 3.85. The molecule has 9 rings (SSSR count). The normalized spacial score (nSPS) is 11.5. The van der Waals surface area contributed by atoms with Crippen LogP contribution in [-0.4, -0.2) is 35.2 Å². The Morgan fingerprint density at radius 2 is 1.15 bits per heavy atom. The van der Waals surface area contributed by atoms with Gasteiger partial charge in [-0.25, -0.2) is 9.97 Å². The molecule has 3 heterocycles. The number of nitrogens with zero attached hydrogens (tertiary/aromatic N) is 6. The third kappa shape index (κ3) is 4.79. The van der Waals surface area contributed by atoms with E-state index in [4.69, 9.17) is 9.40 Å². The number of fused-ring (bicyclic) bond motifs is 3. The first-order valence-electron chi connectivity index (χ1n) is 15.2. The van der Waals surface area contributed by atoms with Gasteiger partial charge < -0.3 is 19.5 Å². The van der Waals surface area contributed by atoms with E-state index in [1.54, 1.807) is 23.0 Å². The fourth-order valence-corrected chi connectivity index (χ4v) is 6.81. The van der Waals surface area contributed by atoms with E-state index in [2.05, 4.69) is 15.2 Å². The van der Waals surface area contributed by atoms with Crippen LogP contribution >= 0.6 is 11.3 Å². The fraction of sp³-hybridized carbons (Fsp3) is 0. The highest BCUT2D eigenvalue weighted by Gasteiger charge is 2.20. The van der Waals surface area contributed by atoms with Crippen LogP contribution in [0.25, 0.3) is 60.1 Å². The minimum absolute atomic E-state index is 0.00317. The molecule has 6 aromatic carbocycles. The quantitative estimate of drug-likeness (QED) is 0.184. The van der Waals surface area contributed by atoms with Crippen molar-refractivity contribution in [2.75, 3.05) is 4.90 Å². The third-order valence-corrected chi connectivity index (χ3v) is 9.22. The molecule has 0 aliphatic rings. The summed E-state index contributed by atoms with van der Waals surface area (Å²) in [4.78, 5) is 12.9. The second kappa shape index (κ2) is 11.1. The predicted molar refractivity (Wildman–Crippen MR) is 188 cm³/mol. The van der Waals surface area contributed by atoms with Gasteiger partial charge in [-0.1, -0.05) is 36.4 Å². The number of benzene rings is 6. The Morgan fingerprint density at radius 3 is 1.79 bits per heavy atom. The van der Waals surface area contributed by atoms with E-state index < -0.39 is 0 Å². The second-order valence-corrected chi connectivity index (χ2v) is 12.2. The number of aromatic nitrogens is 5. The topological polar surface area (TPSA) is 113 Å². The molecule has 0 fully saturated rings. The molecule has 0 bridgehead atoms. The molecular weight excluding hydrogens is 621 g/mol. The van der Waals surface area contributed by atoms with E-state index in [0.717, 1.165) is 37.6 Å². The zero-order chi connectivity index (χ0) is 32.2. The van der Waals surface area contributed by atoms with Gasteiger partial charge in [0.2, 0.25) is 5.89 Å². The highest BCUT2D eigenvalue weighted by Crippen LogP contribution is 2.43. The van der Waals surface area contributed by atoms with Crippen LogP contribution in [0.1, 0.15) is 0 Å². The van der Waals surface area contributed by atoms with Gasteiger partial charge in [0.1, 0.15) is 33.1 Å². The summed E-state index contributed by atoms with van der Waals surface area (Å²) >= 11 is 1.53. The lowest BCUT2D eigenvalue weighted by Crippen LogP contribution is -2.10. The summed E-state index contributed by atoms with van der Waals surface area (Å²) < 4.78 is 6.99. The number of hydrogen-bond donors (Lipinski definition) is 2. The number of oxazole rings is 1. The van der Waals surface area contributed by atoms with Crippen molar-refractivity contribution in [1.82, 2.24) is 25.0 Å². The molecule has 0 saturated heterocycles. The van der Waals surface area contributed by atoms with Crippen molar-refractivity contribution < 1.29 is 14.6 Å². The number of rotatable bonds is 6. The Hall–Kier alpha value is -6.52. The molecule has 0 amide bonds. The van der Waals surface area contributed by atoms with E-state index in [9.17, 15) is 10.2 Å². The summed E-state index contributed by atoms with van der Waals surface area (Å²) in [6.45, 7) is 0. The van der Waals surface area contributed by atoms with Crippen LogP contribution in [-0.2, 0) is 0 Å². The minimum atomic E-state index is 0.00317. The van der Waals surface area contributed by atoms with E-state index >= 15 is 0 Å². The van der Waals surface area contributed by atoms with Gasteiger partial charge in [-0.2, -0.15) is 4.80 Å². The van der Waals surface area contributed by atoms with Crippen LogP contribution in [0.15, 0.2) is 138 Å². The second-order valence-electron chi connectivity index (χ2n) is 11.2. The summed E-state index contributed by atoms with van der Waals surface area (Å²) in [5, 5.41) is 32.6. The predicted octanol–water partition coefficient (Wildman–Crippen LogP) is 9.39. The van der Waals surface area contributed by atoms with E-state index in [1.165, 1.54) is 11.3 Å². The molecule has 3 aromatic heterocycles. The maximum atomic E-state index is 11.3. The summed E-state index contributed by atoms with van der Waals surface area (Å²) in [6.07, 6.45) is 0. The first-order valence-corrected chi connectivity index (χ1v) is 16.0. The highest BCUT2D eigenvalue weighted by molar-refractivity contribution is 7.21. The van der Waals surface area contributed by atoms with Crippen LogP contribution in [0.3, 0.4) is 0 Å². The standard InChI is InChI=1S/C38H24N6O3S/c45-33-21-25(17-19-27(33)37-39-31-9-3-5-11-35(31)47-37)43(23-13-15-24(16-14-23)44-41-29-7-1-2-8-30(29)42-44)26-18-20-28(34(46)22-26)38-40-32-10-4-6-12-36(32)48-38/h1-22,45-46H. The van der Waals surface area contributed by atoms with Crippen molar-refractivity contribution in [2.24, 2.45) is 0 Å². The molecule has 230 valence electrons. The highest BCUT2D eigenvalue weighted by atomic mass is 32.1. The SMILES string of the molecule is Oc1cc(N(c2ccc(-n3nc4ccccc4n3)cc2)c2ccc(-c3nc4ccccc4s3)c(O)c2)ccc1-c1nc2ccccc2o1. The molecule has 0 aliphatic heterocycles. The monoisotopic (exact) mass is 644 g/mol. The fourth-order valence-electron chi connectivity index (χ4n) is 5.81. The first-order chi connectivity index (χ1) is 23.6. The summed E-state index contributed by atoms with van der Waals surface area (Å²) in [6, 6.07) is 41.7. The molecule has 0 spiro atoms. The van der Waals surface area contributed by atoms with E-state index in [1.807, 2.05) is 120 Å². The zero-order valence-corrected chi connectivity index (χ0v) is 25.9. The lowest BCUT2D eigenvalue weighted by atomic mass is 10.1. The first kappa shape index (κ1) is 27.8. The van der Waals surface area contributed by atoms with Gasteiger partial charge in [0.15, 0.2) is 5.58 Å². The molecule has 0 atom stereocenters. The van der Waals surface area contributed by atoms with Gasteiger partial charge in [0, 0.05) is 29.2 Å². The van der Waals surface area contributed by atoms with Gasteiger partial charge in [-0.3, -0.25) is 0 Å². The molecule has 0 unspecified atom stereocenters. The van der Waals surface area contributed by atoms with Gasteiger partial charge in [0.05, 0.1) is 27.0 Å². The van der Waals surface area contributed by atoms with Gasteiger partial charge in [-0.15, -0.1) is 21.5 Å². The average molecular weight is 645 g/mol. The molecule has 0 aliphatic carbocycles. The minimum Gasteiger partial charge on any atom is -0.507 e. The third-order valence-electron chi connectivity index (χ3n) is 8.15.